The van der Waals surface area contributed by atoms with Gasteiger partial charge < -0.3 is 15.0 Å². The molecule has 2 fully saturated rings. The van der Waals surface area contributed by atoms with E-state index in [2.05, 4.69) is 31.0 Å². The van der Waals surface area contributed by atoms with E-state index in [9.17, 15) is 27.6 Å². The average Bonchev–Trinajstić information content (AvgIpc) is 3.16. The molecule has 1 saturated heterocycles. The maximum atomic E-state index is 13.2. The van der Waals surface area contributed by atoms with E-state index in [1.807, 2.05) is 7.05 Å². The molecule has 1 saturated carbocycles. The molecule has 7 nitrogen and oxygen atoms in total. The van der Waals surface area contributed by atoms with Crippen LogP contribution < -0.4 is 5.32 Å². The number of esters is 1. The van der Waals surface area contributed by atoms with Crippen LogP contribution in [0.4, 0.5) is 13.2 Å². The highest BCUT2D eigenvalue weighted by Gasteiger charge is 2.46. The zero-order valence-electron chi connectivity index (χ0n) is 20.8. The summed E-state index contributed by atoms with van der Waals surface area (Å²) in [7, 11) is 3.36. The van der Waals surface area contributed by atoms with Gasteiger partial charge in [0.05, 0.1) is 18.6 Å². The van der Waals surface area contributed by atoms with Crippen LogP contribution in [0.3, 0.4) is 0 Å². The molecule has 0 bridgehead atoms. The standard InChI is InChI=1S/C25H34F3N3O4/c1-24(2,3)30(4)17-9-10-20(18(14-17)23(34)35-5)31-12-11-19(22(31)33)29-21(32)15-7-6-8-16(13-15)25(26,27)28/h6-8,13,17-20H,9-12,14H2,1-5H3,(H,29,32)/t17-,18-,19+,20+/m1/s1. The third kappa shape index (κ3) is 5.97. The largest absolute Gasteiger partial charge is 0.469 e. The molecule has 1 aliphatic carbocycles. The predicted molar refractivity (Wildman–Crippen MR) is 123 cm³/mol. The first-order valence-corrected chi connectivity index (χ1v) is 11.8. The second-order valence-electron chi connectivity index (χ2n) is 10.4. The van der Waals surface area contributed by atoms with Crippen LogP contribution in [-0.2, 0) is 20.5 Å². The molecular formula is C25H34F3N3O4. The minimum absolute atomic E-state index is 0.0829. The van der Waals surface area contributed by atoms with Crippen molar-refractivity contribution in [2.24, 2.45) is 5.92 Å². The highest BCUT2D eigenvalue weighted by molar-refractivity contribution is 5.98. The minimum atomic E-state index is -4.57. The Kier molecular flexibility index (Phi) is 7.83. The van der Waals surface area contributed by atoms with E-state index in [4.69, 9.17) is 4.74 Å². The maximum Gasteiger partial charge on any atom is 0.416 e. The number of nitrogens with zero attached hydrogens (tertiary/aromatic N) is 2. The Bertz CT molecular complexity index is 960. The lowest BCUT2D eigenvalue weighted by molar-refractivity contribution is -0.152. The maximum absolute atomic E-state index is 13.2. The van der Waals surface area contributed by atoms with Crippen LogP contribution in [0.1, 0.15) is 62.4 Å². The van der Waals surface area contributed by atoms with Crippen molar-refractivity contribution in [1.29, 1.82) is 0 Å². The lowest BCUT2D eigenvalue weighted by Gasteiger charge is -2.46. The Morgan fingerprint density at radius 2 is 1.83 bits per heavy atom. The molecule has 0 unspecified atom stereocenters. The number of likely N-dealkylation sites (tertiary alicyclic amines) is 1. The summed E-state index contributed by atoms with van der Waals surface area (Å²) >= 11 is 0. The Morgan fingerprint density at radius 3 is 2.43 bits per heavy atom. The number of carbonyl (C=O) groups excluding carboxylic acids is 3. The zero-order chi connectivity index (χ0) is 26.1. The molecular weight excluding hydrogens is 463 g/mol. The molecule has 2 amide bonds. The third-order valence-electron chi connectivity index (χ3n) is 7.29. The van der Waals surface area contributed by atoms with Gasteiger partial charge in [-0.3, -0.25) is 19.3 Å². The van der Waals surface area contributed by atoms with E-state index < -0.39 is 29.6 Å². The number of ether oxygens (including phenoxy) is 1. The second-order valence-corrected chi connectivity index (χ2v) is 10.4. The van der Waals surface area contributed by atoms with Gasteiger partial charge in [0, 0.05) is 29.7 Å². The molecule has 1 heterocycles. The number of rotatable bonds is 5. The van der Waals surface area contributed by atoms with Crippen molar-refractivity contribution in [3.63, 3.8) is 0 Å². The van der Waals surface area contributed by atoms with Crippen LogP contribution >= 0.6 is 0 Å². The van der Waals surface area contributed by atoms with Gasteiger partial charge in [-0.25, -0.2) is 0 Å². The summed E-state index contributed by atoms with van der Waals surface area (Å²) in [5, 5.41) is 2.58. The number of alkyl halides is 3. The SMILES string of the molecule is COC(=O)[C@@H]1C[C@H](N(C)C(C)(C)C)CC[C@@H]1N1CC[C@H](NC(=O)c2cccc(C(F)(F)F)c2)C1=O. The van der Waals surface area contributed by atoms with Gasteiger partial charge in [0.15, 0.2) is 0 Å². The van der Waals surface area contributed by atoms with Crippen LogP contribution in [0, 0.1) is 5.92 Å². The van der Waals surface area contributed by atoms with Crippen molar-refractivity contribution < 1.29 is 32.3 Å². The molecule has 194 valence electrons. The number of methoxy groups -OCH3 is 1. The summed E-state index contributed by atoms with van der Waals surface area (Å²) in [4.78, 5) is 42.4. The third-order valence-corrected chi connectivity index (χ3v) is 7.29. The van der Waals surface area contributed by atoms with E-state index in [0.29, 0.717) is 25.8 Å². The van der Waals surface area contributed by atoms with Crippen molar-refractivity contribution in [1.82, 2.24) is 15.1 Å². The molecule has 10 heteroatoms. The van der Waals surface area contributed by atoms with Crippen molar-refractivity contribution in [3.05, 3.63) is 35.4 Å². The van der Waals surface area contributed by atoms with Crippen molar-refractivity contribution in [2.75, 3.05) is 20.7 Å². The number of carbonyl (C=O) groups is 3. The minimum Gasteiger partial charge on any atom is -0.469 e. The summed E-state index contributed by atoms with van der Waals surface area (Å²) in [6.07, 6.45) is -2.28. The van der Waals surface area contributed by atoms with E-state index in [1.54, 1.807) is 4.90 Å². The van der Waals surface area contributed by atoms with E-state index in [0.717, 1.165) is 24.6 Å². The Hall–Kier alpha value is -2.62. The first-order valence-electron chi connectivity index (χ1n) is 11.8. The van der Waals surface area contributed by atoms with Gasteiger partial charge in [-0.15, -0.1) is 0 Å². The second kappa shape index (κ2) is 10.2. The molecule has 1 aliphatic heterocycles. The zero-order valence-corrected chi connectivity index (χ0v) is 20.8. The van der Waals surface area contributed by atoms with Crippen LogP contribution in [-0.4, -0.2) is 72.0 Å². The van der Waals surface area contributed by atoms with Crippen molar-refractivity contribution >= 4 is 17.8 Å². The fourth-order valence-corrected chi connectivity index (χ4v) is 5.05. The van der Waals surface area contributed by atoms with Gasteiger partial charge in [0.2, 0.25) is 5.91 Å². The highest BCUT2D eigenvalue weighted by atomic mass is 19.4. The van der Waals surface area contributed by atoms with E-state index in [1.165, 1.54) is 13.2 Å². The van der Waals surface area contributed by atoms with Crippen LogP contribution in [0.5, 0.6) is 0 Å². The number of hydrogen-bond acceptors (Lipinski definition) is 5. The summed E-state index contributed by atoms with van der Waals surface area (Å²) in [6, 6.07) is 3.05. The highest BCUT2D eigenvalue weighted by Crippen LogP contribution is 2.36. The molecule has 2 aliphatic rings. The molecule has 1 aromatic rings. The first-order chi connectivity index (χ1) is 16.2. The monoisotopic (exact) mass is 497 g/mol. The van der Waals surface area contributed by atoms with Crippen molar-refractivity contribution in [3.8, 4) is 0 Å². The predicted octanol–water partition coefficient (Wildman–Crippen LogP) is 3.48. The van der Waals surface area contributed by atoms with Crippen LogP contribution in [0.25, 0.3) is 0 Å². The number of amides is 2. The molecule has 3 rings (SSSR count). The molecule has 0 spiro atoms. The Morgan fingerprint density at radius 1 is 1.14 bits per heavy atom. The lowest BCUT2D eigenvalue weighted by Crippen LogP contribution is -2.55. The van der Waals surface area contributed by atoms with Gasteiger partial charge >= 0.3 is 12.1 Å². The molecule has 1 aromatic carbocycles. The van der Waals surface area contributed by atoms with Gasteiger partial charge in [-0.2, -0.15) is 13.2 Å². The Balaban J connectivity index is 1.71. The molecule has 0 aromatic heterocycles. The quantitative estimate of drug-likeness (QED) is 0.631. The first kappa shape index (κ1) is 27.0. The normalized spacial score (nSPS) is 25.6. The molecule has 0 radical (unpaired) electrons. The number of benzene rings is 1. The summed E-state index contributed by atoms with van der Waals surface area (Å²) in [5.41, 5.74) is -1.17. The van der Waals surface area contributed by atoms with Crippen LogP contribution in [0.2, 0.25) is 0 Å². The smallest absolute Gasteiger partial charge is 0.416 e. The fourth-order valence-electron chi connectivity index (χ4n) is 5.05. The number of nitrogens with one attached hydrogen (secondary N) is 1. The summed E-state index contributed by atoms with van der Waals surface area (Å²) in [6.45, 7) is 6.67. The average molecular weight is 498 g/mol. The number of halogens is 3. The molecule has 35 heavy (non-hydrogen) atoms. The fraction of sp³-hybridized carbons (Fsp3) is 0.640. The van der Waals surface area contributed by atoms with Gasteiger partial charge in [0.25, 0.3) is 5.91 Å². The van der Waals surface area contributed by atoms with Crippen molar-refractivity contribution in [2.45, 2.75) is 76.3 Å². The summed E-state index contributed by atoms with van der Waals surface area (Å²) < 4.78 is 44.0. The Labute approximate surface area is 204 Å². The molecule has 1 N–H and O–H groups in total. The van der Waals surface area contributed by atoms with Gasteiger partial charge in [0.1, 0.15) is 6.04 Å². The van der Waals surface area contributed by atoms with Gasteiger partial charge in [-0.1, -0.05) is 6.07 Å². The summed E-state index contributed by atoms with van der Waals surface area (Å²) in [5.74, 6) is -1.93. The van der Waals surface area contributed by atoms with E-state index in [-0.39, 0.29) is 35.1 Å². The molecule has 4 atom stereocenters. The van der Waals surface area contributed by atoms with Crippen LogP contribution in [0.15, 0.2) is 24.3 Å². The topological polar surface area (TPSA) is 79.0 Å². The van der Waals surface area contributed by atoms with E-state index >= 15 is 0 Å². The van der Waals surface area contributed by atoms with Gasteiger partial charge in [-0.05, 0) is 71.7 Å². The lowest BCUT2D eigenvalue weighted by atomic mass is 9.79. The number of hydrogen-bond donors (Lipinski definition) is 1.